The van der Waals surface area contributed by atoms with E-state index in [1.165, 1.54) is 0 Å². The number of hydroxylamine groups is 1. The molecule has 2 rings (SSSR count). The van der Waals surface area contributed by atoms with Crippen molar-refractivity contribution in [2.45, 2.75) is 19.4 Å². The highest BCUT2D eigenvalue weighted by Gasteiger charge is 2.24. The van der Waals surface area contributed by atoms with Crippen LogP contribution in [0.3, 0.4) is 0 Å². The predicted octanol–water partition coefficient (Wildman–Crippen LogP) is 1.58. The number of rotatable bonds is 4. The molecule has 0 fully saturated rings. The van der Waals surface area contributed by atoms with Gasteiger partial charge in [-0.15, -0.1) is 5.48 Å². The van der Waals surface area contributed by atoms with Gasteiger partial charge in [0.15, 0.2) is 6.04 Å². The van der Waals surface area contributed by atoms with Gasteiger partial charge in [-0.25, -0.2) is 4.79 Å². The van der Waals surface area contributed by atoms with Crippen LogP contribution in [0.2, 0.25) is 0 Å². The summed E-state index contributed by atoms with van der Waals surface area (Å²) in [6.07, 6.45) is 2.43. The maximum absolute atomic E-state index is 11.4. The van der Waals surface area contributed by atoms with Gasteiger partial charge in [0.05, 0.1) is 6.61 Å². The summed E-state index contributed by atoms with van der Waals surface area (Å²) in [5.74, 6) is 0.435. The van der Waals surface area contributed by atoms with Crippen molar-refractivity contribution < 1.29 is 14.4 Å². The van der Waals surface area contributed by atoms with Crippen molar-refractivity contribution in [2.75, 3.05) is 6.61 Å². The van der Waals surface area contributed by atoms with Gasteiger partial charge in [-0.2, -0.15) is 0 Å². The molecular weight excluding hydrogens is 218 g/mol. The van der Waals surface area contributed by atoms with E-state index in [0.717, 1.165) is 11.3 Å². The predicted molar refractivity (Wildman–Crippen MR) is 62.9 cm³/mol. The lowest BCUT2D eigenvalue weighted by atomic mass is 10.1. The number of esters is 1. The molecule has 1 aliphatic rings. The monoisotopic (exact) mass is 233 g/mol. The molecule has 0 amide bonds. The number of carbonyl (C=O) groups excluding carboxylic acids is 1. The van der Waals surface area contributed by atoms with E-state index in [1.807, 2.05) is 30.3 Å². The molecule has 0 spiro atoms. The van der Waals surface area contributed by atoms with Gasteiger partial charge in [0.1, 0.15) is 5.76 Å². The summed E-state index contributed by atoms with van der Waals surface area (Å²) in [5, 5.41) is 0. The molecule has 4 heteroatoms. The van der Waals surface area contributed by atoms with Crippen molar-refractivity contribution in [2.24, 2.45) is 0 Å². The Morgan fingerprint density at radius 2 is 2.18 bits per heavy atom. The molecule has 1 aromatic rings. The molecule has 1 N–H and O–H groups in total. The van der Waals surface area contributed by atoms with Gasteiger partial charge in [0, 0.05) is 6.42 Å². The molecule has 1 unspecified atom stereocenters. The lowest BCUT2D eigenvalue weighted by molar-refractivity contribution is -0.146. The van der Waals surface area contributed by atoms with Gasteiger partial charge < -0.3 is 9.57 Å². The molecule has 0 aromatic heterocycles. The minimum atomic E-state index is -0.492. The Hall–Kier alpha value is -1.81. The fraction of sp³-hybridized carbons (Fsp3) is 0.308. The van der Waals surface area contributed by atoms with Gasteiger partial charge in [-0.1, -0.05) is 30.3 Å². The first-order valence-corrected chi connectivity index (χ1v) is 5.63. The maximum atomic E-state index is 11.4. The minimum absolute atomic E-state index is 0.310. The number of hydrogen-bond acceptors (Lipinski definition) is 4. The van der Waals surface area contributed by atoms with Gasteiger partial charge >= 0.3 is 5.97 Å². The number of carbonyl (C=O) groups is 1. The van der Waals surface area contributed by atoms with Crippen molar-refractivity contribution >= 4 is 5.97 Å². The van der Waals surface area contributed by atoms with E-state index in [0.29, 0.717) is 13.0 Å². The third-order valence-corrected chi connectivity index (χ3v) is 2.43. The second-order valence-corrected chi connectivity index (χ2v) is 3.74. The Morgan fingerprint density at radius 3 is 2.88 bits per heavy atom. The number of nitrogens with one attached hydrogen (secondary N) is 1. The van der Waals surface area contributed by atoms with E-state index in [2.05, 4.69) is 5.48 Å². The summed E-state index contributed by atoms with van der Waals surface area (Å²) in [5.41, 5.74) is 3.79. The van der Waals surface area contributed by atoms with Crippen LogP contribution in [-0.4, -0.2) is 18.6 Å². The molecule has 0 saturated carbocycles. The number of benzene rings is 1. The van der Waals surface area contributed by atoms with Gasteiger partial charge in [-0.05, 0) is 18.6 Å². The van der Waals surface area contributed by atoms with Crippen LogP contribution in [0.25, 0.3) is 0 Å². The highest BCUT2D eigenvalue weighted by molar-refractivity contribution is 5.78. The summed E-state index contributed by atoms with van der Waals surface area (Å²) in [4.78, 5) is 16.7. The van der Waals surface area contributed by atoms with Gasteiger partial charge in [0.2, 0.25) is 0 Å². The summed E-state index contributed by atoms with van der Waals surface area (Å²) in [6, 6.07) is 9.45. The fourth-order valence-corrected chi connectivity index (χ4v) is 1.63. The van der Waals surface area contributed by atoms with E-state index >= 15 is 0 Å². The molecular formula is C13H15NO3. The lowest BCUT2D eigenvalue weighted by Gasteiger charge is -2.06. The second kappa shape index (κ2) is 5.50. The molecule has 0 aliphatic carbocycles. The first kappa shape index (κ1) is 11.7. The van der Waals surface area contributed by atoms with E-state index in [9.17, 15) is 4.79 Å². The van der Waals surface area contributed by atoms with Crippen LogP contribution in [0.5, 0.6) is 0 Å². The molecule has 1 aromatic carbocycles. The number of allylic oxidation sites excluding steroid dienone is 1. The van der Waals surface area contributed by atoms with Crippen molar-refractivity contribution in [1.29, 1.82) is 0 Å². The SMILES string of the molecule is CCOC(=O)C1C=C(Cc2ccccc2)ON1. The van der Waals surface area contributed by atoms with Crippen molar-refractivity contribution in [3.8, 4) is 0 Å². The molecule has 17 heavy (non-hydrogen) atoms. The minimum Gasteiger partial charge on any atom is -0.464 e. The quantitative estimate of drug-likeness (QED) is 0.802. The van der Waals surface area contributed by atoms with Crippen LogP contribution in [0.4, 0.5) is 0 Å². The summed E-state index contributed by atoms with van der Waals surface area (Å²) in [7, 11) is 0. The van der Waals surface area contributed by atoms with Gasteiger partial charge in [0.25, 0.3) is 0 Å². The smallest absolute Gasteiger partial charge is 0.330 e. The fourth-order valence-electron chi connectivity index (χ4n) is 1.63. The zero-order valence-electron chi connectivity index (χ0n) is 9.68. The molecule has 1 atom stereocenters. The molecule has 90 valence electrons. The van der Waals surface area contributed by atoms with Gasteiger partial charge in [-0.3, -0.25) is 0 Å². The molecule has 1 heterocycles. The third kappa shape index (κ3) is 3.07. The average Bonchev–Trinajstić information content (AvgIpc) is 2.79. The van der Waals surface area contributed by atoms with E-state index in [4.69, 9.17) is 9.57 Å². The van der Waals surface area contributed by atoms with E-state index in [-0.39, 0.29) is 5.97 Å². The lowest BCUT2D eigenvalue weighted by Crippen LogP contribution is -2.31. The van der Waals surface area contributed by atoms with Crippen LogP contribution in [-0.2, 0) is 20.8 Å². The topological polar surface area (TPSA) is 47.6 Å². The van der Waals surface area contributed by atoms with Crippen LogP contribution < -0.4 is 5.48 Å². The van der Waals surface area contributed by atoms with E-state index in [1.54, 1.807) is 13.0 Å². The molecule has 0 saturated heterocycles. The van der Waals surface area contributed by atoms with Crippen LogP contribution >= 0.6 is 0 Å². The summed E-state index contributed by atoms with van der Waals surface area (Å²) in [6.45, 7) is 2.15. The highest BCUT2D eigenvalue weighted by atomic mass is 16.7. The zero-order chi connectivity index (χ0) is 12.1. The molecule has 4 nitrogen and oxygen atoms in total. The third-order valence-electron chi connectivity index (χ3n) is 2.43. The Bertz CT molecular complexity index is 414. The Kier molecular flexibility index (Phi) is 3.77. The normalized spacial score (nSPS) is 18.4. The average molecular weight is 233 g/mol. The standard InChI is InChI=1S/C13H15NO3/c1-2-16-13(15)12-9-11(17-14-12)8-10-6-4-3-5-7-10/h3-7,9,12,14H,2,8H2,1H3. The van der Waals surface area contributed by atoms with E-state index < -0.39 is 6.04 Å². The summed E-state index contributed by atoms with van der Waals surface area (Å²) < 4.78 is 4.90. The largest absolute Gasteiger partial charge is 0.464 e. The highest BCUT2D eigenvalue weighted by Crippen LogP contribution is 2.14. The Labute approximate surface area is 100 Å². The number of hydrogen-bond donors (Lipinski definition) is 1. The van der Waals surface area contributed by atoms with Crippen molar-refractivity contribution in [3.05, 3.63) is 47.7 Å². The summed E-state index contributed by atoms with van der Waals surface area (Å²) >= 11 is 0. The molecule has 0 radical (unpaired) electrons. The Morgan fingerprint density at radius 1 is 1.41 bits per heavy atom. The molecule has 1 aliphatic heterocycles. The van der Waals surface area contributed by atoms with Crippen LogP contribution in [0.15, 0.2) is 42.2 Å². The maximum Gasteiger partial charge on any atom is 0.330 e. The van der Waals surface area contributed by atoms with Crippen molar-refractivity contribution in [3.63, 3.8) is 0 Å². The zero-order valence-corrected chi connectivity index (χ0v) is 9.68. The Balaban J connectivity index is 1.95. The number of ether oxygens (including phenoxy) is 1. The van der Waals surface area contributed by atoms with Crippen LogP contribution in [0.1, 0.15) is 12.5 Å². The first-order chi connectivity index (χ1) is 8.29. The molecule has 0 bridgehead atoms. The van der Waals surface area contributed by atoms with Crippen molar-refractivity contribution in [1.82, 2.24) is 5.48 Å². The second-order valence-electron chi connectivity index (χ2n) is 3.74. The first-order valence-electron chi connectivity index (χ1n) is 5.63. The van der Waals surface area contributed by atoms with Crippen LogP contribution in [0, 0.1) is 0 Å².